The molecule has 76 valence electrons. The minimum Gasteiger partial charge on any atom is -0.481 e. The summed E-state index contributed by atoms with van der Waals surface area (Å²) >= 11 is 4.01. The van der Waals surface area contributed by atoms with Gasteiger partial charge in [-0.15, -0.1) is 0 Å². The van der Waals surface area contributed by atoms with Crippen LogP contribution in [-0.2, 0) is 9.59 Å². The molecule has 0 saturated carbocycles. The predicted octanol–water partition coefficient (Wildman–Crippen LogP) is 0.312. The summed E-state index contributed by atoms with van der Waals surface area (Å²) in [6.07, 6.45) is -0.0264. The molecule has 0 bridgehead atoms. The molecular weight excluding hydrogens is 190 g/mol. The molecule has 3 N–H and O–H groups in total. The highest BCUT2D eigenvalue weighted by molar-refractivity contribution is 7.81. The Morgan fingerprint density at radius 2 is 1.92 bits per heavy atom. The second-order valence-electron chi connectivity index (χ2n) is 3.18. The van der Waals surface area contributed by atoms with Gasteiger partial charge in [-0.3, -0.25) is 9.59 Å². The summed E-state index contributed by atoms with van der Waals surface area (Å²) < 4.78 is 0. The molecule has 0 spiro atoms. The van der Waals surface area contributed by atoms with E-state index in [0.717, 1.165) is 0 Å². The van der Waals surface area contributed by atoms with Gasteiger partial charge in [0.25, 0.3) is 0 Å². The molecule has 5 heteroatoms. The smallest absolute Gasteiger partial charge is 0.306 e. The monoisotopic (exact) mass is 205 g/mol. The van der Waals surface area contributed by atoms with Crippen LogP contribution < -0.4 is 5.73 Å². The first-order valence-electron chi connectivity index (χ1n) is 4.05. The van der Waals surface area contributed by atoms with E-state index in [9.17, 15) is 9.59 Å². The van der Waals surface area contributed by atoms with Gasteiger partial charge in [-0.1, -0.05) is 13.8 Å². The zero-order chi connectivity index (χ0) is 10.6. The molecule has 0 aromatic heterocycles. The van der Waals surface area contributed by atoms with Gasteiger partial charge in [0.15, 0.2) is 5.78 Å². The lowest BCUT2D eigenvalue weighted by atomic mass is 9.99. The molecule has 0 heterocycles. The Balaban J connectivity index is 4.08. The topological polar surface area (TPSA) is 80.4 Å². The van der Waals surface area contributed by atoms with Gasteiger partial charge in [0.1, 0.15) is 0 Å². The van der Waals surface area contributed by atoms with Crippen LogP contribution in [0.4, 0.5) is 0 Å². The second kappa shape index (κ2) is 5.24. The normalized spacial score (nSPS) is 17.5. The number of carboxylic acids is 1. The molecule has 3 unspecified atom stereocenters. The number of carboxylic acid groups (broad SMARTS) is 1. The summed E-state index contributed by atoms with van der Waals surface area (Å²) in [6, 6.07) is -0.676. The maximum absolute atomic E-state index is 11.3. The minimum atomic E-state index is -0.979. The van der Waals surface area contributed by atoms with Crippen molar-refractivity contribution in [1.82, 2.24) is 0 Å². The third kappa shape index (κ3) is 4.28. The first-order valence-corrected chi connectivity index (χ1v) is 4.57. The van der Waals surface area contributed by atoms with Crippen molar-refractivity contribution in [3.05, 3.63) is 0 Å². The van der Waals surface area contributed by atoms with Gasteiger partial charge in [0.2, 0.25) is 0 Å². The van der Waals surface area contributed by atoms with Crippen LogP contribution in [0.3, 0.4) is 0 Å². The SMILES string of the molecule is CC(CC(=O)C(N)C(C)S)C(=O)O. The van der Waals surface area contributed by atoms with E-state index in [2.05, 4.69) is 12.6 Å². The van der Waals surface area contributed by atoms with E-state index >= 15 is 0 Å². The van der Waals surface area contributed by atoms with Crippen molar-refractivity contribution >= 4 is 24.4 Å². The van der Waals surface area contributed by atoms with Crippen molar-refractivity contribution in [2.75, 3.05) is 0 Å². The number of carbonyl (C=O) groups excluding carboxylic acids is 1. The Hall–Kier alpha value is -0.550. The number of carbonyl (C=O) groups is 2. The zero-order valence-corrected chi connectivity index (χ0v) is 8.62. The lowest BCUT2D eigenvalue weighted by molar-refractivity contribution is -0.143. The highest BCUT2D eigenvalue weighted by Crippen LogP contribution is 2.08. The average molecular weight is 205 g/mol. The van der Waals surface area contributed by atoms with Crippen molar-refractivity contribution in [3.8, 4) is 0 Å². The number of aliphatic carboxylic acids is 1. The second-order valence-corrected chi connectivity index (χ2v) is 3.99. The quantitative estimate of drug-likeness (QED) is 0.564. The van der Waals surface area contributed by atoms with Gasteiger partial charge in [-0.05, 0) is 0 Å². The van der Waals surface area contributed by atoms with Crippen molar-refractivity contribution in [1.29, 1.82) is 0 Å². The molecule has 0 amide bonds. The predicted molar refractivity (Wildman–Crippen MR) is 52.8 cm³/mol. The summed E-state index contributed by atoms with van der Waals surface area (Å²) in [4.78, 5) is 21.7. The van der Waals surface area contributed by atoms with Gasteiger partial charge < -0.3 is 10.8 Å². The maximum atomic E-state index is 11.3. The fourth-order valence-corrected chi connectivity index (χ4v) is 0.960. The summed E-state index contributed by atoms with van der Waals surface area (Å²) in [5, 5.41) is 8.30. The Morgan fingerprint density at radius 3 is 2.23 bits per heavy atom. The van der Waals surface area contributed by atoms with Crippen LogP contribution in [0, 0.1) is 5.92 Å². The molecule has 0 aliphatic rings. The Kier molecular flexibility index (Phi) is 5.02. The van der Waals surface area contributed by atoms with Crippen LogP contribution in [0.2, 0.25) is 0 Å². The molecule has 13 heavy (non-hydrogen) atoms. The number of ketones is 1. The fourth-order valence-electron chi connectivity index (χ4n) is 0.794. The fraction of sp³-hybridized carbons (Fsp3) is 0.750. The van der Waals surface area contributed by atoms with Crippen LogP contribution in [-0.4, -0.2) is 28.2 Å². The lowest BCUT2D eigenvalue weighted by Crippen LogP contribution is -2.38. The van der Waals surface area contributed by atoms with Crippen molar-refractivity contribution in [2.24, 2.45) is 11.7 Å². The molecule has 0 saturated heterocycles. The van der Waals surface area contributed by atoms with Crippen molar-refractivity contribution in [3.63, 3.8) is 0 Å². The largest absolute Gasteiger partial charge is 0.481 e. The molecule has 0 radical (unpaired) electrons. The van der Waals surface area contributed by atoms with E-state index in [0.29, 0.717) is 0 Å². The maximum Gasteiger partial charge on any atom is 0.306 e. The molecule has 3 atom stereocenters. The van der Waals surface area contributed by atoms with Crippen LogP contribution in [0.5, 0.6) is 0 Å². The lowest BCUT2D eigenvalue weighted by Gasteiger charge is -2.14. The summed E-state index contributed by atoms with van der Waals surface area (Å²) in [5.74, 6) is -1.91. The Morgan fingerprint density at radius 1 is 1.46 bits per heavy atom. The number of Topliss-reactive ketones (excluding diaryl/α,β-unsaturated/α-hetero) is 1. The Labute approximate surface area is 82.9 Å². The van der Waals surface area contributed by atoms with Gasteiger partial charge in [-0.25, -0.2) is 0 Å². The van der Waals surface area contributed by atoms with Gasteiger partial charge in [0, 0.05) is 11.7 Å². The summed E-state index contributed by atoms with van der Waals surface area (Å²) in [7, 11) is 0. The minimum absolute atomic E-state index is 0.0264. The third-order valence-electron chi connectivity index (χ3n) is 1.82. The zero-order valence-electron chi connectivity index (χ0n) is 7.73. The van der Waals surface area contributed by atoms with Crippen LogP contribution in [0.1, 0.15) is 20.3 Å². The van der Waals surface area contributed by atoms with E-state index in [1.807, 2.05) is 0 Å². The Bertz CT molecular complexity index is 206. The average Bonchev–Trinajstić information content (AvgIpc) is 2.02. The number of nitrogens with two attached hydrogens (primary N) is 1. The standard InChI is InChI=1S/C8H15NO3S/c1-4(8(11)12)3-6(10)7(9)5(2)13/h4-5,7,13H,3,9H2,1-2H3,(H,11,12). The van der Waals surface area contributed by atoms with Crippen LogP contribution >= 0.6 is 12.6 Å². The van der Waals surface area contributed by atoms with E-state index < -0.39 is 17.9 Å². The van der Waals surface area contributed by atoms with E-state index in [1.165, 1.54) is 6.92 Å². The number of hydrogen-bond acceptors (Lipinski definition) is 4. The van der Waals surface area contributed by atoms with Crippen molar-refractivity contribution < 1.29 is 14.7 Å². The molecule has 4 nitrogen and oxygen atoms in total. The first-order chi connectivity index (χ1) is 5.86. The molecule has 0 fully saturated rings. The molecule has 0 aromatic carbocycles. The summed E-state index contributed by atoms with van der Waals surface area (Å²) in [6.45, 7) is 3.19. The first kappa shape index (κ1) is 12.4. The summed E-state index contributed by atoms with van der Waals surface area (Å²) in [5.41, 5.74) is 5.49. The molecule has 0 aliphatic heterocycles. The van der Waals surface area contributed by atoms with Crippen molar-refractivity contribution in [2.45, 2.75) is 31.6 Å². The van der Waals surface area contributed by atoms with Gasteiger partial charge >= 0.3 is 5.97 Å². The third-order valence-corrected chi connectivity index (χ3v) is 2.14. The van der Waals surface area contributed by atoms with E-state index in [1.54, 1.807) is 6.92 Å². The van der Waals surface area contributed by atoms with Gasteiger partial charge in [-0.2, -0.15) is 12.6 Å². The van der Waals surface area contributed by atoms with Crippen LogP contribution in [0.25, 0.3) is 0 Å². The molecule has 0 aromatic rings. The number of hydrogen-bond donors (Lipinski definition) is 3. The molecule has 0 rings (SSSR count). The highest BCUT2D eigenvalue weighted by Gasteiger charge is 2.22. The van der Waals surface area contributed by atoms with Gasteiger partial charge in [0.05, 0.1) is 12.0 Å². The molecular formula is C8H15NO3S. The van der Waals surface area contributed by atoms with E-state index in [-0.39, 0.29) is 17.5 Å². The molecule has 0 aliphatic carbocycles. The number of thiol groups is 1. The van der Waals surface area contributed by atoms with Crippen LogP contribution in [0.15, 0.2) is 0 Å². The number of rotatable bonds is 5. The van der Waals surface area contributed by atoms with E-state index in [4.69, 9.17) is 10.8 Å². The highest BCUT2D eigenvalue weighted by atomic mass is 32.1.